The van der Waals surface area contributed by atoms with Crippen molar-refractivity contribution in [1.29, 1.82) is 0 Å². The molecule has 0 saturated carbocycles. The number of carboxylic acid groups (broad SMARTS) is 1. The molecule has 0 bridgehead atoms. The Bertz CT molecular complexity index is 775. The fourth-order valence-corrected chi connectivity index (χ4v) is 2.81. The van der Waals surface area contributed by atoms with Gasteiger partial charge in [-0.1, -0.05) is 5.21 Å². The molecule has 0 aliphatic carbocycles. The highest BCUT2D eigenvalue weighted by Crippen LogP contribution is 2.20. The molecular formula is C10H10FN5O4S. The number of nitrogens with zero attached hydrogens (tertiary/aromatic N) is 3. The van der Waals surface area contributed by atoms with Gasteiger partial charge in [-0.25, -0.2) is 22.3 Å². The van der Waals surface area contributed by atoms with Gasteiger partial charge in [-0.2, -0.15) is 5.21 Å². The molecule has 1 aromatic heterocycles. The van der Waals surface area contributed by atoms with Gasteiger partial charge in [0.2, 0.25) is 10.0 Å². The minimum absolute atomic E-state index is 0.0890. The van der Waals surface area contributed by atoms with E-state index in [1.807, 2.05) is 0 Å². The first kappa shape index (κ1) is 15.0. The Balaban J connectivity index is 2.37. The number of rotatable bonds is 5. The minimum atomic E-state index is -4.12. The van der Waals surface area contributed by atoms with Crippen LogP contribution in [0.25, 0.3) is 0 Å². The number of carbonyl (C=O) groups is 1. The van der Waals surface area contributed by atoms with Crippen LogP contribution in [0.15, 0.2) is 17.0 Å². The van der Waals surface area contributed by atoms with Gasteiger partial charge in [-0.15, -0.1) is 10.2 Å². The summed E-state index contributed by atoms with van der Waals surface area (Å²) in [6, 6.07) is 1.65. The van der Waals surface area contributed by atoms with Gasteiger partial charge in [-0.05, 0) is 19.1 Å². The average Bonchev–Trinajstić information content (AvgIpc) is 2.92. The maximum absolute atomic E-state index is 13.6. The van der Waals surface area contributed by atoms with Crippen LogP contribution in [0.5, 0.6) is 0 Å². The SMILES string of the molecule is Cc1c(F)cc(C(=O)O)cc1S(=O)(=O)NCc1nn[nH]n1. The van der Waals surface area contributed by atoms with E-state index in [1.54, 1.807) is 0 Å². The number of aromatic carboxylic acids is 1. The van der Waals surface area contributed by atoms with Crippen molar-refractivity contribution >= 4 is 16.0 Å². The summed E-state index contributed by atoms with van der Waals surface area (Å²) >= 11 is 0. The Morgan fingerprint density at radius 1 is 1.48 bits per heavy atom. The molecule has 112 valence electrons. The quantitative estimate of drug-likeness (QED) is 0.696. The summed E-state index contributed by atoms with van der Waals surface area (Å²) in [6.45, 7) is 0.973. The molecule has 3 N–H and O–H groups in total. The van der Waals surface area contributed by atoms with Crippen molar-refractivity contribution in [2.24, 2.45) is 0 Å². The van der Waals surface area contributed by atoms with E-state index in [1.165, 1.54) is 6.92 Å². The van der Waals surface area contributed by atoms with E-state index in [0.717, 1.165) is 12.1 Å². The van der Waals surface area contributed by atoms with Crippen molar-refractivity contribution in [2.75, 3.05) is 0 Å². The first-order valence-corrected chi connectivity index (χ1v) is 7.05. The van der Waals surface area contributed by atoms with Gasteiger partial charge in [0, 0.05) is 5.56 Å². The van der Waals surface area contributed by atoms with Crippen LogP contribution < -0.4 is 4.72 Å². The van der Waals surface area contributed by atoms with E-state index in [2.05, 4.69) is 25.3 Å². The molecule has 21 heavy (non-hydrogen) atoms. The summed E-state index contributed by atoms with van der Waals surface area (Å²) in [5.41, 5.74) is -0.640. The number of aromatic nitrogens is 4. The van der Waals surface area contributed by atoms with E-state index >= 15 is 0 Å². The number of sulfonamides is 1. The molecule has 11 heteroatoms. The molecule has 2 rings (SSSR count). The summed E-state index contributed by atoms with van der Waals surface area (Å²) in [7, 11) is -4.12. The monoisotopic (exact) mass is 315 g/mol. The summed E-state index contributed by atoms with van der Waals surface area (Å²) in [5.74, 6) is -2.26. The Hall–Kier alpha value is -2.40. The lowest BCUT2D eigenvalue weighted by Crippen LogP contribution is -2.25. The number of halogens is 1. The average molecular weight is 315 g/mol. The minimum Gasteiger partial charge on any atom is -0.478 e. The van der Waals surface area contributed by atoms with Crippen LogP contribution in [-0.4, -0.2) is 40.1 Å². The van der Waals surface area contributed by atoms with E-state index in [9.17, 15) is 17.6 Å². The standard InChI is InChI=1S/C10H10FN5O4S/c1-5-7(11)2-6(10(17)18)3-8(5)21(19,20)12-4-9-13-15-16-14-9/h2-3,12H,4H2,1H3,(H,17,18)(H,13,14,15,16). The number of benzene rings is 1. The lowest BCUT2D eigenvalue weighted by molar-refractivity contribution is 0.0696. The van der Waals surface area contributed by atoms with E-state index < -0.39 is 32.3 Å². The molecule has 1 heterocycles. The zero-order valence-electron chi connectivity index (χ0n) is 10.7. The predicted molar refractivity (Wildman–Crippen MR) is 66.3 cm³/mol. The highest BCUT2D eigenvalue weighted by molar-refractivity contribution is 7.89. The second-order valence-electron chi connectivity index (χ2n) is 4.04. The van der Waals surface area contributed by atoms with Crippen molar-refractivity contribution in [3.05, 3.63) is 34.9 Å². The van der Waals surface area contributed by atoms with Crippen molar-refractivity contribution in [3.8, 4) is 0 Å². The highest BCUT2D eigenvalue weighted by Gasteiger charge is 2.22. The van der Waals surface area contributed by atoms with Crippen molar-refractivity contribution in [2.45, 2.75) is 18.4 Å². The van der Waals surface area contributed by atoms with Gasteiger partial charge in [0.1, 0.15) is 5.82 Å². The summed E-state index contributed by atoms with van der Waals surface area (Å²) in [5, 5.41) is 21.4. The van der Waals surface area contributed by atoms with Crippen LogP contribution in [0.4, 0.5) is 4.39 Å². The highest BCUT2D eigenvalue weighted by atomic mass is 32.2. The second-order valence-corrected chi connectivity index (χ2v) is 5.77. The molecule has 0 unspecified atom stereocenters. The van der Waals surface area contributed by atoms with E-state index in [0.29, 0.717) is 0 Å². The number of H-pyrrole nitrogens is 1. The van der Waals surface area contributed by atoms with Crippen LogP contribution >= 0.6 is 0 Å². The topological polar surface area (TPSA) is 138 Å². The first-order chi connectivity index (χ1) is 9.81. The van der Waals surface area contributed by atoms with Crippen molar-refractivity contribution < 1.29 is 22.7 Å². The maximum Gasteiger partial charge on any atom is 0.335 e. The lowest BCUT2D eigenvalue weighted by atomic mass is 10.1. The number of tetrazole rings is 1. The number of hydrogen-bond acceptors (Lipinski definition) is 6. The number of carboxylic acids is 1. The number of nitrogens with one attached hydrogen (secondary N) is 2. The molecule has 0 radical (unpaired) electrons. The largest absolute Gasteiger partial charge is 0.478 e. The Morgan fingerprint density at radius 3 is 2.76 bits per heavy atom. The fraction of sp³-hybridized carbons (Fsp3) is 0.200. The van der Waals surface area contributed by atoms with Crippen LogP contribution in [0.2, 0.25) is 0 Å². The van der Waals surface area contributed by atoms with E-state index in [4.69, 9.17) is 5.11 Å². The van der Waals surface area contributed by atoms with Crippen LogP contribution in [0.3, 0.4) is 0 Å². The van der Waals surface area contributed by atoms with Crippen molar-refractivity contribution in [3.63, 3.8) is 0 Å². The third kappa shape index (κ3) is 3.20. The van der Waals surface area contributed by atoms with Crippen LogP contribution in [-0.2, 0) is 16.6 Å². The summed E-state index contributed by atoms with van der Waals surface area (Å²) < 4.78 is 40.0. The summed E-state index contributed by atoms with van der Waals surface area (Å²) in [4.78, 5) is 10.4. The molecule has 0 fully saturated rings. The van der Waals surface area contributed by atoms with Crippen molar-refractivity contribution in [1.82, 2.24) is 25.3 Å². The van der Waals surface area contributed by atoms with Crippen LogP contribution in [0.1, 0.15) is 21.7 Å². The molecule has 1 aromatic carbocycles. The lowest BCUT2D eigenvalue weighted by Gasteiger charge is -2.10. The molecule has 9 nitrogen and oxygen atoms in total. The predicted octanol–water partition coefficient (Wildman–Crippen LogP) is -0.176. The molecule has 0 aliphatic rings. The molecule has 0 amide bonds. The number of hydrogen-bond donors (Lipinski definition) is 3. The van der Waals surface area contributed by atoms with Gasteiger partial charge in [0.25, 0.3) is 0 Å². The molecule has 0 spiro atoms. The molecule has 0 saturated heterocycles. The zero-order valence-corrected chi connectivity index (χ0v) is 11.5. The second kappa shape index (κ2) is 5.54. The molecule has 0 aliphatic heterocycles. The maximum atomic E-state index is 13.6. The molecular weight excluding hydrogens is 305 g/mol. The van der Waals surface area contributed by atoms with Gasteiger partial charge in [0.05, 0.1) is 17.0 Å². The normalized spacial score (nSPS) is 11.5. The first-order valence-electron chi connectivity index (χ1n) is 5.56. The number of aromatic amines is 1. The Morgan fingerprint density at radius 2 is 2.19 bits per heavy atom. The van der Waals surface area contributed by atoms with Gasteiger partial charge in [0.15, 0.2) is 5.82 Å². The smallest absolute Gasteiger partial charge is 0.335 e. The Labute approximate surface area is 118 Å². The van der Waals surface area contributed by atoms with Crippen LogP contribution in [0, 0.1) is 12.7 Å². The third-order valence-corrected chi connectivity index (χ3v) is 4.17. The molecule has 0 atom stereocenters. The third-order valence-electron chi connectivity index (χ3n) is 2.64. The van der Waals surface area contributed by atoms with Gasteiger partial charge >= 0.3 is 5.97 Å². The van der Waals surface area contributed by atoms with E-state index in [-0.39, 0.29) is 17.9 Å². The van der Waals surface area contributed by atoms with Gasteiger partial charge in [-0.3, -0.25) is 0 Å². The molecule has 2 aromatic rings. The zero-order chi connectivity index (χ0) is 15.6. The Kier molecular flexibility index (Phi) is 3.95. The summed E-state index contributed by atoms with van der Waals surface area (Å²) in [6.07, 6.45) is 0. The fourth-order valence-electron chi connectivity index (χ4n) is 1.55. The van der Waals surface area contributed by atoms with Gasteiger partial charge < -0.3 is 5.11 Å².